The molecule has 1 unspecified atom stereocenters. The predicted molar refractivity (Wildman–Crippen MR) is 74.7 cm³/mol. The smallest absolute Gasteiger partial charge is 0.338 e. The topological polar surface area (TPSA) is 29.5 Å². The molecular weight excluding hydrogens is 294 g/mol. The zero-order valence-corrected chi connectivity index (χ0v) is 12.1. The van der Waals surface area contributed by atoms with Crippen molar-refractivity contribution in [2.75, 3.05) is 19.6 Å². The fraction of sp³-hybridized carbons (Fsp3) is 0.500. The first-order chi connectivity index (χ1) is 8.69. The van der Waals surface area contributed by atoms with Crippen LogP contribution in [0.3, 0.4) is 0 Å². The Hall–Kier alpha value is -0.870. The molecule has 1 aromatic carbocycles. The van der Waals surface area contributed by atoms with Gasteiger partial charge in [0.25, 0.3) is 0 Å². The largest absolute Gasteiger partial charge is 0.457 e. The van der Waals surface area contributed by atoms with E-state index < -0.39 is 0 Å². The van der Waals surface area contributed by atoms with Gasteiger partial charge in [0, 0.05) is 11.0 Å². The Labute approximate surface area is 116 Å². The van der Waals surface area contributed by atoms with Gasteiger partial charge in [0.2, 0.25) is 0 Å². The minimum Gasteiger partial charge on any atom is -0.457 e. The molecule has 1 saturated heterocycles. The summed E-state index contributed by atoms with van der Waals surface area (Å²) in [5.41, 5.74) is 0.609. The molecule has 1 aliphatic rings. The number of carbonyl (C=O) groups excluding carboxylic acids is 1. The van der Waals surface area contributed by atoms with E-state index in [0.29, 0.717) is 5.56 Å². The van der Waals surface area contributed by atoms with Crippen LogP contribution in [-0.4, -0.2) is 36.6 Å². The molecule has 0 aromatic heterocycles. The van der Waals surface area contributed by atoms with Crippen LogP contribution < -0.4 is 0 Å². The van der Waals surface area contributed by atoms with Crippen LogP contribution in [0.4, 0.5) is 0 Å². The average Bonchev–Trinajstić information content (AvgIpc) is 2.39. The molecule has 1 heterocycles. The number of hydrogen-bond donors (Lipinski definition) is 0. The Balaban J connectivity index is 1.95. The van der Waals surface area contributed by atoms with Crippen LogP contribution >= 0.6 is 15.9 Å². The van der Waals surface area contributed by atoms with E-state index in [9.17, 15) is 4.79 Å². The number of piperidine rings is 1. The van der Waals surface area contributed by atoms with E-state index in [1.807, 2.05) is 12.1 Å². The number of nitrogens with zero attached hydrogens (tertiary/aromatic N) is 1. The summed E-state index contributed by atoms with van der Waals surface area (Å²) in [6.45, 7) is 5.13. The van der Waals surface area contributed by atoms with Crippen LogP contribution in [-0.2, 0) is 4.74 Å². The van der Waals surface area contributed by atoms with Crippen molar-refractivity contribution in [1.82, 2.24) is 4.90 Å². The number of benzene rings is 1. The fourth-order valence-corrected chi connectivity index (χ4v) is 2.63. The van der Waals surface area contributed by atoms with Gasteiger partial charge in [-0.15, -0.1) is 0 Å². The fourth-order valence-electron chi connectivity index (χ4n) is 2.23. The average molecular weight is 312 g/mol. The van der Waals surface area contributed by atoms with Gasteiger partial charge in [-0.1, -0.05) is 28.9 Å². The number of carbonyl (C=O) groups is 1. The van der Waals surface area contributed by atoms with Crippen molar-refractivity contribution in [1.29, 1.82) is 0 Å². The summed E-state index contributed by atoms with van der Waals surface area (Å²) in [5.74, 6) is -0.223. The second kappa shape index (κ2) is 6.34. The molecule has 0 amide bonds. The van der Waals surface area contributed by atoms with E-state index in [-0.39, 0.29) is 12.1 Å². The number of likely N-dealkylation sites (tertiary alicyclic amines) is 1. The molecule has 4 heteroatoms. The van der Waals surface area contributed by atoms with E-state index in [2.05, 4.69) is 27.8 Å². The molecular formula is C14H18BrNO2. The lowest BCUT2D eigenvalue weighted by Gasteiger charge is -2.31. The second-order valence-corrected chi connectivity index (χ2v) is 5.49. The summed E-state index contributed by atoms with van der Waals surface area (Å²) < 4.78 is 6.46. The highest BCUT2D eigenvalue weighted by molar-refractivity contribution is 9.10. The summed E-state index contributed by atoms with van der Waals surface area (Å²) in [4.78, 5) is 14.3. The SMILES string of the molecule is CCN1CCCC(OC(=O)c2cccc(Br)c2)C1. The summed E-state index contributed by atoms with van der Waals surface area (Å²) >= 11 is 3.36. The molecule has 0 aliphatic carbocycles. The van der Waals surface area contributed by atoms with Gasteiger partial charge in [0.1, 0.15) is 6.10 Å². The highest BCUT2D eigenvalue weighted by Gasteiger charge is 2.22. The number of hydrogen-bond acceptors (Lipinski definition) is 3. The summed E-state index contributed by atoms with van der Waals surface area (Å²) in [7, 11) is 0. The van der Waals surface area contributed by atoms with E-state index in [1.54, 1.807) is 12.1 Å². The number of rotatable bonds is 3. The standard InChI is InChI=1S/C14H18BrNO2/c1-2-16-8-4-7-13(10-16)18-14(17)11-5-3-6-12(15)9-11/h3,5-6,9,13H,2,4,7-8,10H2,1H3. The molecule has 0 radical (unpaired) electrons. The van der Waals surface area contributed by atoms with Crippen LogP contribution in [0.2, 0.25) is 0 Å². The maximum absolute atomic E-state index is 12.0. The van der Waals surface area contributed by atoms with Crippen LogP contribution in [0, 0.1) is 0 Å². The molecule has 1 fully saturated rings. The van der Waals surface area contributed by atoms with Crippen molar-refractivity contribution in [3.05, 3.63) is 34.3 Å². The van der Waals surface area contributed by atoms with E-state index >= 15 is 0 Å². The van der Waals surface area contributed by atoms with Gasteiger partial charge in [-0.25, -0.2) is 4.79 Å². The number of halogens is 1. The molecule has 0 N–H and O–H groups in total. The van der Waals surface area contributed by atoms with Gasteiger partial charge >= 0.3 is 5.97 Å². The first-order valence-corrected chi connectivity index (χ1v) is 7.17. The Morgan fingerprint density at radius 1 is 1.56 bits per heavy atom. The van der Waals surface area contributed by atoms with Gasteiger partial charge in [0.05, 0.1) is 5.56 Å². The Morgan fingerprint density at radius 3 is 3.11 bits per heavy atom. The van der Waals surface area contributed by atoms with Crippen molar-refractivity contribution in [3.63, 3.8) is 0 Å². The van der Waals surface area contributed by atoms with Crippen molar-refractivity contribution < 1.29 is 9.53 Å². The lowest BCUT2D eigenvalue weighted by molar-refractivity contribution is 0.00774. The van der Waals surface area contributed by atoms with E-state index in [1.165, 1.54) is 0 Å². The normalized spacial score (nSPS) is 20.7. The van der Waals surface area contributed by atoms with Crippen molar-refractivity contribution in [2.24, 2.45) is 0 Å². The number of likely N-dealkylation sites (N-methyl/N-ethyl adjacent to an activating group) is 1. The molecule has 3 nitrogen and oxygen atoms in total. The van der Waals surface area contributed by atoms with Crippen LogP contribution in [0.5, 0.6) is 0 Å². The Kier molecular flexibility index (Phi) is 4.78. The maximum Gasteiger partial charge on any atom is 0.338 e. The lowest BCUT2D eigenvalue weighted by atomic mass is 10.1. The zero-order valence-electron chi connectivity index (χ0n) is 10.6. The lowest BCUT2D eigenvalue weighted by Crippen LogP contribution is -2.40. The third-order valence-corrected chi connectivity index (χ3v) is 3.74. The van der Waals surface area contributed by atoms with Crippen molar-refractivity contribution >= 4 is 21.9 Å². The van der Waals surface area contributed by atoms with Gasteiger partial charge in [-0.05, 0) is 44.1 Å². The zero-order chi connectivity index (χ0) is 13.0. The van der Waals surface area contributed by atoms with Gasteiger partial charge < -0.3 is 4.74 Å². The molecule has 1 aromatic rings. The minimum absolute atomic E-state index is 0.0326. The predicted octanol–water partition coefficient (Wildman–Crippen LogP) is 3.09. The van der Waals surface area contributed by atoms with Gasteiger partial charge in [-0.3, -0.25) is 4.90 Å². The molecule has 0 saturated carbocycles. The third kappa shape index (κ3) is 3.56. The van der Waals surface area contributed by atoms with Gasteiger partial charge in [0.15, 0.2) is 0 Å². The summed E-state index contributed by atoms with van der Waals surface area (Å²) in [6, 6.07) is 7.33. The monoisotopic (exact) mass is 311 g/mol. The van der Waals surface area contributed by atoms with Crippen molar-refractivity contribution in [3.8, 4) is 0 Å². The first kappa shape index (κ1) is 13.6. The highest BCUT2D eigenvalue weighted by Crippen LogP contribution is 2.17. The number of esters is 1. The molecule has 98 valence electrons. The highest BCUT2D eigenvalue weighted by atomic mass is 79.9. The van der Waals surface area contributed by atoms with E-state index in [4.69, 9.17) is 4.74 Å². The summed E-state index contributed by atoms with van der Waals surface area (Å²) in [6.07, 6.45) is 2.10. The number of ether oxygens (including phenoxy) is 1. The molecule has 1 aliphatic heterocycles. The molecule has 1 atom stereocenters. The van der Waals surface area contributed by atoms with Crippen LogP contribution in [0.1, 0.15) is 30.1 Å². The molecule has 0 spiro atoms. The van der Waals surface area contributed by atoms with Crippen LogP contribution in [0.25, 0.3) is 0 Å². The minimum atomic E-state index is -0.223. The van der Waals surface area contributed by atoms with Gasteiger partial charge in [-0.2, -0.15) is 0 Å². The third-order valence-electron chi connectivity index (χ3n) is 3.24. The van der Waals surface area contributed by atoms with Crippen molar-refractivity contribution in [2.45, 2.75) is 25.9 Å². The molecule has 18 heavy (non-hydrogen) atoms. The second-order valence-electron chi connectivity index (χ2n) is 4.57. The molecule has 0 bridgehead atoms. The maximum atomic E-state index is 12.0. The van der Waals surface area contributed by atoms with Crippen LogP contribution in [0.15, 0.2) is 28.7 Å². The Bertz CT molecular complexity index is 422. The van der Waals surface area contributed by atoms with E-state index in [0.717, 1.165) is 36.9 Å². The summed E-state index contributed by atoms with van der Waals surface area (Å²) in [5, 5.41) is 0. The first-order valence-electron chi connectivity index (χ1n) is 6.38. The molecule has 2 rings (SSSR count). The Morgan fingerprint density at radius 2 is 2.39 bits per heavy atom. The quantitative estimate of drug-likeness (QED) is 0.803.